The van der Waals surface area contributed by atoms with Crippen molar-refractivity contribution in [2.24, 2.45) is 0 Å². The molecule has 1 amide bonds. The summed E-state index contributed by atoms with van der Waals surface area (Å²) in [6.45, 7) is 6.11. The molecule has 2 heterocycles. The lowest BCUT2D eigenvalue weighted by Crippen LogP contribution is -2.48. The highest BCUT2D eigenvalue weighted by atomic mass is 19.1. The Balaban J connectivity index is 1.36. The third-order valence-electron chi connectivity index (χ3n) is 5.26. The van der Waals surface area contributed by atoms with Crippen molar-refractivity contribution in [3.63, 3.8) is 0 Å². The number of benzene rings is 2. The van der Waals surface area contributed by atoms with Crippen molar-refractivity contribution in [3.05, 3.63) is 77.2 Å². The highest BCUT2D eigenvalue weighted by molar-refractivity contribution is 5.93. The van der Waals surface area contributed by atoms with Gasteiger partial charge in [-0.1, -0.05) is 24.3 Å². The number of hydrogen-bond acceptors (Lipinski definition) is 3. The highest BCUT2D eigenvalue weighted by Gasteiger charge is 2.24. The molecular weight excluding hydrogens is 355 g/mol. The predicted molar refractivity (Wildman–Crippen MR) is 106 cm³/mol. The normalized spacial score (nSPS) is 15.0. The van der Waals surface area contributed by atoms with Crippen molar-refractivity contribution in [1.29, 1.82) is 0 Å². The van der Waals surface area contributed by atoms with E-state index in [-0.39, 0.29) is 11.7 Å². The number of carbonyl (C=O) groups is 1. The van der Waals surface area contributed by atoms with Crippen molar-refractivity contribution < 1.29 is 9.18 Å². The van der Waals surface area contributed by atoms with Gasteiger partial charge in [0.15, 0.2) is 0 Å². The lowest BCUT2D eigenvalue weighted by atomic mass is 10.1. The monoisotopic (exact) mass is 378 g/mol. The summed E-state index contributed by atoms with van der Waals surface area (Å²) in [5, 5.41) is 7.03. The minimum absolute atomic E-state index is 0.0450. The van der Waals surface area contributed by atoms with Gasteiger partial charge in [-0.25, -0.2) is 4.39 Å². The molecule has 3 aromatic rings. The number of nitrogens with one attached hydrogen (secondary N) is 1. The Morgan fingerprint density at radius 3 is 2.50 bits per heavy atom. The average Bonchev–Trinajstić information content (AvgIpc) is 3.20. The Bertz CT molecular complexity index is 959. The molecule has 5 nitrogen and oxygen atoms in total. The van der Waals surface area contributed by atoms with Gasteiger partial charge in [-0.3, -0.25) is 14.8 Å². The minimum atomic E-state index is -0.292. The number of carbonyl (C=O) groups excluding carboxylic acids is 1. The van der Waals surface area contributed by atoms with Gasteiger partial charge in [0.05, 0.1) is 5.69 Å². The van der Waals surface area contributed by atoms with E-state index in [1.54, 1.807) is 18.2 Å². The number of nitrogens with zero attached hydrogens (tertiary/aromatic N) is 3. The van der Waals surface area contributed by atoms with E-state index in [9.17, 15) is 9.18 Å². The second kappa shape index (κ2) is 7.94. The summed E-state index contributed by atoms with van der Waals surface area (Å²) in [6.07, 6.45) is 0. The van der Waals surface area contributed by atoms with Crippen LogP contribution in [0.5, 0.6) is 0 Å². The van der Waals surface area contributed by atoms with Crippen molar-refractivity contribution in [2.75, 3.05) is 26.2 Å². The highest BCUT2D eigenvalue weighted by Crippen LogP contribution is 2.19. The number of hydrogen-bond donors (Lipinski definition) is 1. The van der Waals surface area contributed by atoms with Crippen LogP contribution in [0.2, 0.25) is 0 Å². The van der Waals surface area contributed by atoms with E-state index in [1.165, 1.54) is 23.3 Å². The summed E-state index contributed by atoms with van der Waals surface area (Å²) < 4.78 is 13.1. The van der Waals surface area contributed by atoms with Crippen LogP contribution in [0.1, 0.15) is 21.6 Å². The number of piperazine rings is 1. The molecule has 2 aromatic carbocycles. The predicted octanol–water partition coefficient (Wildman–Crippen LogP) is 3.48. The summed E-state index contributed by atoms with van der Waals surface area (Å²) in [7, 11) is 0. The number of aryl methyl sites for hydroxylation is 1. The summed E-state index contributed by atoms with van der Waals surface area (Å²) in [6, 6.07) is 16.2. The molecular formula is C22H23FN4O. The minimum Gasteiger partial charge on any atom is -0.335 e. The lowest BCUT2D eigenvalue weighted by molar-refractivity contribution is 0.0622. The molecule has 6 heteroatoms. The molecule has 0 unspecified atom stereocenters. The van der Waals surface area contributed by atoms with Gasteiger partial charge in [-0.2, -0.15) is 5.10 Å². The van der Waals surface area contributed by atoms with Crippen molar-refractivity contribution >= 4 is 5.91 Å². The topological polar surface area (TPSA) is 52.2 Å². The largest absolute Gasteiger partial charge is 0.335 e. The molecule has 1 aliphatic rings. The Hall–Kier alpha value is -2.99. The molecule has 1 aromatic heterocycles. The van der Waals surface area contributed by atoms with Crippen LogP contribution in [0.15, 0.2) is 54.6 Å². The summed E-state index contributed by atoms with van der Waals surface area (Å²) in [5.74, 6) is -0.337. The van der Waals surface area contributed by atoms with Gasteiger partial charge in [0.25, 0.3) is 5.91 Å². The third kappa shape index (κ3) is 3.97. The van der Waals surface area contributed by atoms with Crippen LogP contribution >= 0.6 is 0 Å². The van der Waals surface area contributed by atoms with Gasteiger partial charge >= 0.3 is 0 Å². The number of H-pyrrole nitrogens is 1. The number of aromatic amines is 1. The molecule has 4 rings (SSSR count). The second-order valence-corrected chi connectivity index (χ2v) is 7.17. The van der Waals surface area contributed by atoms with Crippen molar-refractivity contribution in [2.45, 2.75) is 13.5 Å². The molecule has 0 bridgehead atoms. The van der Waals surface area contributed by atoms with Crippen LogP contribution in [0.25, 0.3) is 11.3 Å². The molecule has 0 radical (unpaired) electrons. The van der Waals surface area contributed by atoms with Crippen LogP contribution in [0, 0.1) is 12.7 Å². The quantitative estimate of drug-likeness (QED) is 0.756. The molecule has 1 saturated heterocycles. The smallest absolute Gasteiger partial charge is 0.271 e. The third-order valence-corrected chi connectivity index (χ3v) is 5.26. The first-order chi connectivity index (χ1) is 13.6. The number of rotatable bonds is 4. The van der Waals surface area contributed by atoms with Gasteiger partial charge in [-0.05, 0) is 48.4 Å². The Morgan fingerprint density at radius 1 is 1.07 bits per heavy atom. The zero-order valence-electron chi connectivity index (χ0n) is 15.9. The molecule has 1 aliphatic heterocycles. The van der Waals surface area contributed by atoms with E-state index in [0.29, 0.717) is 24.5 Å². The maximum Gasteiger partial charge on any atom is 0.271 e. The molecule has 0 aliphatic carbocycles. The maximum absolute atomic E-state index is 13.1. The van der Waals surface area contributed by atoms with E-state index < -0.39 is 0 Å². The van der Waals surface area contributed by atoms with Crippen LogP contribution in [0.3, 0.4) is 0 Å². The first kappa shape index (κ1) is 18.4. The number of amides is 1. The van der Waals surface area contributed by atoms with E-state index in [0.717, 1.165) is 25.2 Å². The lowest BCUT2D eigenvalue weighted by Gasteiger charge is -2.34. The molecule has 1 N–H and O–H groups in total. The first-order valence-corrected chi connectivity index (χ1v) is 9.47. The van der Waals surface area contributed by atoms with Gasteiger partial charge in [0.1, 0.15) is 11.5 Å². The van der Waals surface area contributed by atoms with E-state index in [1.807, 2.05) is 4.90 Å². The second-order valence-electron chi connectivity index (χ2n) is 7.17. The van der Waals surface area contributed by atoms with Crippen molar-refractivity contribution in [3.8, 4) is 11.3 Å². The Labute approximate surface area is 163 Å². The first-order valence-electron chi connectivity index (χ1n) is 9.47. The Morgan fingerprint density at radius 2 is 1.79 bits per heavy atom. The van der Waals surface area contributed by atoms with Crippen LogP contribution in [-0.2, 0) is 6.54 Å². The van der Waals surface area contributed by atoms with Gasteiger partial charge < -0.3 is 4.90 Å². The van der Waals surface area contributed by atoms with Crippen LogP contribution < -0.4 is 0 Å². The van der Waals surface area contributed by atoms with Crippen molar-refractivity contribution in [1.82, 2.24) is 20.0 Å². The van der Waals surface area contributed by atoms with Gasteiger partial charge in [-0.15, -0.1) is 0 Å². The van der Waals surface area contributed by atoms with E-state index >= 15 is 0 Å². The molecule has 0 saturated carbocycles. The molecule has 144 valence electrons. The number of halogens is 1. The van der Waals surface area contributed by atoms with Gasteiger partial charge in [0.2, 0.25) is 0 Å². The maximum atomic E-state index is 13.1. The summed E-state index contributed by atoms with van der Waals surface area (Å²) in [4.78, 5) is 17.0. The fourth-order valence-electron chi connectivity index (χ4n) is 3.51. The van der Waals surface area contributed by atoms with Crippen LogP contribution in [0.4, 0.5) is 4.39 Å². The SMILES string of the molecule is Cc1ccccc1CN1CCN(C(=O)c2cc(-c3ccc(F)cc3)n[nH]2)CC1. The molecule has 1 fully saturated rings. The standard InChI is InChI=1S/C22H23FN4O/c1-16-4-2-3-5-18(16)15-26-10-12-27(13-11-26)22(28)21-14-20(24-25-21)17-6-8-19(23)9-7-17/h2-9,14H,10-13,15H2,1H3,(H,24,25). The molecule has 0 spiro atoms. The van der Waals surface area contributed by atoms with E-state index in [4.69, 9.17) is 0 Å². The van der Waals surface area contributed by atoms with Crippen LogP contribution in [-0.4, -0.2) is 52.1 Å². The fraction of sp³-hybridized carbons (Fsp3) is 0.273. The average molecular weight is 378 g/mol. The zero-order chi connectivity index (χ0) is 19.5. The van der Waals surface area contributed by atoms with E-state index in [2.05, 4.69) is 46.3 Å². The fourth-order valence-corrected chi connectivity index (χ4v) is 3.51. The Kier molecular flexibility index (Phi) is 5.21. The summed E-state index contributed by atoms with van der Waals surface area (Å²) >= 11 is 0. The zero-order valence-corrected chi connectivity index (χ0v) is 15.9. The number of aromatic nitrogens is 2. The molecule has 28 heavy (non-hydrogen) atoms. The summed E-state index contributed by atoms with van der Waals surface area (Å²) in [5.41, 5.74) is 4.51. The van der Waals surface area contributed by atoms with Gasteiger partial charge in [0, 0.05) is 38.3 Å². The molecule has 0 atom stereocenters.